The van der Waals surface area contributed by atoms with Crippen LogP contribution in [0.25, 0.3) is 0 Å². The first-order chi connectivity index (χ1) is 23.4. The third-order valence-corrected chi connectivity index (χ3v) is 13.5. The predicted molar refractivity (Wildman–Crippen MR) is 196 cm³/mol. The number of carbonyl (C=O) groups is 3. The first-order valence-electron chi connectivity index (χ1n) is 17.0. The van der Waals surface area contributed by atoms with Gasteiger partial charge in [0.2, 0.25) is 11.8 Å². The van der Waals surface area contributed by atoms with Crippen LogP contribution < -0.4 is 11.1 Å². The molecule has 0 spiro atoms. The molecule has 2 fully saturated rings. The number of likely N-dealkylation sites (tertiary alicyclic amines) is 2. The second-order valence-corrected chi connectivity index (χ2v) is 17.5. The van der Waals surface area contributed by atoms with Gasteiger partial charge < -0.3 is 29.9 Å². The Morgan fingerprint density at radius 2 is 1.67 bits per heavy atom. The van der Waals surface area contributed by atoms with Crippen molar-refractivity contribution in [3.8, 4) is 0 Å². The summed E-state index contributed by atoms with van der Waals surface area (Å²) >= 11 is 13.9. The van der Waals surface area contributed by atoms with Gasteiger partial charge in [-0.1, -0.05) is 27.5 Å². The number of piperidine rings is 2. The maximum absolute atomic E-state index is 14.0. The topological polar surface area (TPSA) is 144 Å². The predicted octanol–water partition coefficient (Wildman–Crippen LogP) is 6.66. The Bertz CT molecular complexity index is 1590. The molecule has 3 aliphatic rings. The van der Waals surface area contributed by atoms with Crippen molar-refractivity contribution in [2.75, 3.05) is 52.1 Å². The quantitative estimate of drug-likeness (QED) is 0.241. The number of aromatic nitrogens is 1. The van der Waals surface area contributed by atoms with Gasteiger partial charge in [0.25, 0.3) is 0 Å². The van der Waals surface area contributed by atoms with Gasteiger partial charge in [-0.2, -0.15) is 0 Å². The lowest BCUT2D eigenvalue weighted by Crippen LogP contribution is -2.53. The van der Waals surface area contributed by atoms with Crippen LogP contribution in [0.3, 0.4) is 0 Å². The number of urea groups is 1. The normalized spacial score (nSPS) is 19.5. The highest BCUT2D eigenvalue weighted by Crippen LogP contribution is 2.48. The number of nitrogens with one attached hydrogen (secondary N) is 1. The summed E-state index contributed by atoms with van der Waals surface area (Å²) in [5.41, 5.74) is 9.24. The maximum Gasteiger partial charge on any atom is 0.332 e. The van der Waals surface area contributed by atoms with E-state index in [0.717, 1.165) is 40.3 Å². The summed E-state index contributed by atoms with van der Waals surface area (Å²) in [6, 6.07) is 5.63. The standard InChI is InChI=1S/C34H45Br2ClN5O6P/c1-3-47-49(46,48-4-2)16-11-39-32(44)34(9-14-42(15-10-34)33(38)45)20-28(43)41-12-7-22(8-13-41)30-29-23(18-26(37)19-27(29)36)5-6-24-17-25(35)21-40-31(24)30/h17-19,21-22,30H,3-16,20H2,1-2H3,(H2,38,45)(H,39,44)/t30-/m1/s1. The Morgan fingerprint density at radius 1 is 1.02 bits per heavy atom. The van der Waals surface area contributed by atoms with Gasteiger partial charge in [-0.25, -0.2) is 4.79 Å². The minimum Gasteiger partial charge on any atom is -0.355 e. The third-order valence-electron chi connectivity index (χ3n) is 10.1. The molecule has 1 atom stereocenters. The number of fused-ring (bicyclic) bond motifs is 2. The summed E-state index contributed by atoms with van der Waals surface area (Å²) in [5.74, 6) is -0.101. The fraction of sp³-hybridized carbons (Fsp3) is 0.588. The molecule has 268 valence electrons. The Hall–Kier alpha value is -2.02. The number of benzene rings is 1. The van der Waals surface area contributed by atoms with E-state index >= 15 is 0 Å². The number of amides is 4. The van der Waals surface area contributed by atoms with E-state index in [4.69, 9.17) is 31.4 Å². The molecule has 11 nitrogen and oxygen atoms in total. The van der Waals surface area contributed by atoms with Crippen molar-refractivity contribution in [3.05, 3.63) is 60.7 Å². The molecule has 3 N–H and O–H groups in total. The van der Waals surface area contributed by atoms with Crippen molar-refractivity contribution in [2.24, 2.45) is 17.1 Å². The van der Waals surface area contributed by atoms with Crippen molar-refractivity contribution < 1.29 is 28.0 Å². The average molecular weight is 846 g/mol. The molecular weight excluding hydrogens is 801 g/mol. The Balaban J connectivity index is 1.30. The van der Waals surface area contributed by atoms with E-state index in [2.05, 4.69) is 49.3 Å². The lowest BCUT2D eigenvalue weighted by Gasteiger charge is -2.42. The van der Waals surface area contributed by atoms with Crippen molar-refractivity contribution in [1.82, 2.24) is 20.1 Å². The number of hydrogen-bond acceptors (Lipinski definition) is 7. The number of carbonyl (C=O) groups excluding carboxylic acids is 3. The zero-order chi connectivity index (χ0) is 35.3. The lowest BCUT2D eigenvalue weighted by atomic mass is 9.73. The maximum atomic E-state index is 14.0. The molecule has 2 saturated heterocycles. The van der Waals surface area contributed by atoms with E-state index < -0.39 is 19.0 Å². The van der Waals surface area contributed by atoms with Gasteiger partial charge in [-0.05, 0) is 109 Å². The van der Waals surface area contributed by atoms with Crippen LogP contribution in [0, 0.1) is 11.3 Å². The number of hydrogen-bond donors (Lipinski definition) is 2. The molecule has 15 heteroatoms. The number of primary amides is 1. The van der Waals surface area contributed by atoms with Crippen LogP contribution in [0.4, 0.5) is 4.79 Å². The second-order valence-electron chi connectivity index (χ2n) is 13.1. The summed E-state index contributed by atoms with van der Waals surface area (Å²) in [7, 11) is -3.36. The first-order valence-corrected chi connectivity index (χ1v) is 20.7. The van der Waals surface area contributed by atoms with Crippen LogP contribution in [0.5, 0.6) is 0 Å². The van der Waals surface area contributed by atoms with Gasteiger partial charge in [0.15, 0.2) is 0 Å². The third kappa shape index (κ3) is 8.90. The summed E-state index contributed by atoms with van der Waals surface area (Å²) in [5, 5.41) is 3.60. The fourth-order valence-corrected chi connectivity index (χ4v) is 10.6. The Morgan fingerprint density at radius 3 is 2.31 bits per heavy atom. The minimum absolute atomic E-state index is 0.0133. The summed E-state index contributed by atoms with van der Waals surface area (Å²) in [4.78, 5) is 48.0. The van der Waals surface area contributed by atoms with Crippen LogP contribution in [-0.2, 0) is 36.0 Å². The molecule has 0 radical (unpaired) electrons. The van der Waals surface area contributed by atoms with Crippen molar-refractivity contribution in [3.63, 3.8) is 0 Å². The number of nitrogens with zero attached hydrogens (tertiary/aromatic N) is 3. The molecule has 3 heterocycles. The molecule has 2 aromatic rings. The highest BCUT2D eigenvalue weighted by Gasteiger charge is 2.45. The molecule has 0 unspecified atom stereocenters. The zero-order valence-corrected chi connectivity index (χ0v) is 32.8. The largest absolute Gasteiger partial charge is 0.355 e. The molecule has 1 aliphatic carbocycles. The van der Waals surface area contributed by atoms with Gasteiger partial charge in [0, 0.05) is 65.2 Å². The number of halogens is 3. The van der Waals surface area contributed by atoms with Gasteiger partial charge >= 0.3 is 13.6 Å². The van der Waals surface area contributed by atoms with Crippen molar-refractivity contribution in [2.45, 2.75) is 64.7 Å². The number of aryl methyl sites for hydroxylation is 2. The molecule has 0 saturated carbocycles. The Kier molecular flexibility index (Phi) is 12.9. The molecule has 0 bridgehead atoms. The second kappa shape index (κ2) is 16.5. The molecule has 49 heavy (non-hydrogen) atoms. The zero-order valence-electron chi connectivity index (χ0n) is 28.0. The monoisotopic (exact) mass is 843 g/mol. The van der Waals surface area contributed by atoms with Crippen LogP contribution in [0.1, 0.15) is 74.3 Å². The van der Waals surface area contributed by atoms with E-state index in [-0.39, 0.29) is 69.1 Å². The van der Waals surface area contributed by atoms with Crippen LogP contribution in [-0.4, -0.2) is 84.7 Å². The highest BCUT2D eigenvalue weighted by atomic mass is 79.9. The fourth-order valence-electron chi connectivity index (χ4n) is 7.61. The van der Waals surface area contributed by atoms with E-state index in [9.17, 15) is 18.9 Å². The van der Waals surface area contributed by atoms with Gasteiger partial charge in [-0.15, -0.1) is 0 Å². The number of pyridine rings is 1. The SMILES string of the molecule is CCOP(=O)(CCNC(=O)C1(CC(=O)N2CCC([C@H]3c4ncc(Br)cc4CCc4cc(Cl)cc(Br)c43)CC2)CCN(C(N)=O)CC1)OCC. The van der Waals surface area contributed by atoms with Gasteiger partial charge in [0.05, 0.1) is 30.5 Å². The van der Waals surface area contributed by atoms with Crippen LogP contribution >= 0.6 is 51.1 Å². The molecular formula is C34H45Br2ClN5O6P. The summed E-state index contributed by atoms with van der Waals surface area (Å²) in [6.07, 6.45) is 5.77. The molecule has 5 rings (SSSR count). The van der Waals surface area contributed by atoms with E-state index in [1.807, 2.05) is 17.2 Å². The minimum atomic E-state index is -3.36. The highest BCUT2D eigenvalue weighted by molar-refractivity contribution is 9.10. The van der Waals surface area contributed by atoms with Crippen molar-refractivity contribution in [1.29, 1.82) is 0 Å². The van der Waals surface area contributed by atoms with Gasteiger partial charge in [0.1, 0.15) is 0 Å². The lowest BCUT2D eigenvalue weighted by molar-refractivity contribution is -0.144. The van der Waals surface area contributed by atoms with Gasteiger partial charge in [-0.3, -0.25) is 19.1 Å². The Labute approximate surface area is 310 Å². The smallest absolute Gasteiger partial charge is 0.332 e. The summed E-state index contributed by atoms with van der Waals surface area (Å²) in [6.45, 7) is 5.67. The molecule has 4 amide bonds. The number of rotatable bonds is 11. The van der Waals surface area contributed by atoms with E-state index in [1.165, 1.54) is 21.6 Å². The average Bonchev–Trinajstić information content (AvgIpc) is 3.22. The summed E-state index contributed by atoms with van der Waals surface area (Å²) < 4.78 is 25.6. The molecule has 1 aromatic carbocycles. The van der Waals surface area contributed by atoms with Crippen LogP contribution in [0.15, 0.2) is 33.3 Å². The van der Waals surface area contributed by atoms with Crippen molar-refractivity contribution >= 4 is 68.9 Å². The first kappa shape index (κ1) is 38.2. The number of nitrogens with two attached hydrogens (primary N) is 1. The van der Waals surface area contributed by atoms with Crippen LogP contribution in [0.2, 0.25) is 5.02 Å². The molecule has 1 aromatic heterocycles. The molecule has 2 aliphatic heterocycles. The van der Waals surface area contributed by atoms with E-state index in [1.54, 1.807) is 13.8 Å². The van der Waals surface area contributed by atoms with E-state index in [0.29, 0.717) is 31.0 Å².